The first-order valence-corrected chi connectivity index (χ1v) is 17.3. The van der Waals surface area contributed by atoms with Gasteiger partial charge in [-0.3, -0.25) is 15.0 Å². The molecule has 0 unspecified atom stereocenters. The van der Waals surface area contributed by atoms with Gasteiger partial charge in [-0.15, -0.1) is 76.2 Å². The molecule has 0 spiro atoms. The topological polar surface area (TPSA) is 38.7 Å². The van der Waals surface area contributed by atoms with Gasteiger partial charge >= 0.3 is 20.1 Å². The summed E-state index contributed by atoms with van der Waals surface area (Å²) in [6.07, 6.45) is 1.86. The molecule has 0 saturated carbocycles. The number of para-hydroxylation sites is 1. The summed E-state index contributed by atoms with van der Waals surface area (Å²) in [6.45, 7) is 0. The first kappa shape index (κ1) is 32.6. The van der Waals surface area contributed by atoms with Gasteiger partial charge in [0.05, 0.1) is 16.6 Å². The summed E-state index contributed by atoms with van der Waals surface area (Å²) in [6, 6.07) is 65.9. The zero-order valence-electron chi connectivity index (χ0n) is 27.2. The molecule has 3 nitrogen and oxygen atoms in total. The summed E-state index contributed by atoms with van der Waals surface area (Å²) in [5.41, 5.74) is 9.96. The Morgan fingerprint density at radius 2 is 1.33 bits per heavy atom. The van der Waals surface area contributed by atoms with Crippen LogP contribution in [-0.2, 0) is 25.5 Å². The van der Waals surface area contributed by atoms with Gasteiger partial charge in [0.25, 0.3) is 0 Å². The van der Waals surface area contributed by atoms with E-state index in [9.17, 15) is 0 Å². The summed E-state index contributed by atoms with van der Waals surface area (Å²) in [5, 5.41) is 3.48. The number of hydrogen-bond donors (Lipinski definition) is 0. The maximum Gasteiger partial charge on any atom is 3.00 e. The van der Waals surface area contributed by atoms with Crippen LogP contribution in [0.15, 0.2) is 170 Å². The van der Waals surface area contributed by atoms with E-state index in [0.29, 0.717) is 0 Å². The fourth-order valence-electron chi connectivity index (χ4n) is 7.06. The molecule has 9 aromatic rings. The van der Waals surface area contributed by atoms with Crippen LogP contribution in [0.4, 0.5) is 0 Å². The molecular formula is C46H28IrN3S. The van der Waals surface area contributed by atoms with Crippen molar-refractivity contribution in [2.24, 2.45) is 0 Å². The van der Waals surface area contributed by atoms with E-state index in [1.54, 1.807) is 11.3 Å². The predicted octanol–water partition coefficient (Wildman–Crippen LogP) is 11.0. The van der Waals surface area contributed by atoms with Crippen LogP contribution in [0.1, 0.15) is 22.5 Å². The quantitative estimate of drug-likeness (QED) is 0.166. The van der Waals surface area contributed by atoms with Gasteiger partial charge in [-0.05, 0) is 41.6 Å². The molecule has 0 saturated heterocycles. The predicted molar refractivity (Wildman–Crippen MR) is 204 cm³/mol. The van der Waals surface area contributed by atoms with Crippen molar-refractivity contribution in [3.05, 3.63) is 211 Å². The standard InChI is InChI=1S/C29H18N2.C17H10NS.Ir/c1-2-11-21(12-3-1)26-17-10-19-28(31-26)29(27-18-8-9-20-30-27)24-15-6-4-13-22(24)23-14-5-7-16-25(23)29;1-2-8-13-12(6-1)7-5-9-14(13)17-18-15-10-3-4-11-16(15)19-17;/h1-11,13-15,17-20H;1-8,10-11H;/q-2;-1;+3/t29-;;/m0../s1. The number of aromatic nitrogens is 3. The zero-order valence-corrected chi connectivity index (χ0v) is 30.5. The monoisotopic (exact) mass is 847 g/mol. The van der Waals surface area contributed by atoms with Gasteiger partial charge in [-0.2, -0.15) is 35.6 Å². The summed E-state index contributed by atoms with van der Waals surface area (Å²) >= 11 is 1.72. The SMILES string of the molecule is [Ir+3].[c-]1ccc2ccccc2c1-c1nc2ccccc2s1.[c-]1ccccc1-c1cccc([C@]2(c3ccccn3)c3[c-]cccc3-c3ccccc32)n1. The Hall–Kier alpha value is -5.58. The molecule has 3 aromatic heterocycles. The second-order valence-electron chi connectivity index (χ2n) is 12.1. The van der Waals surface area contributed by atoms with Crippen LogP contribution < -0.4 is 0 Å². The van der Waals surface area contributed by atoms with Crippen molar-refractivity contribution >= 4 is 32.3 Å². The van der Waals surface area contributed by atoms with Crippen LogP contribution in [0, 0.1) is 18.2 Å². The molecule has 10 rings (SSSR count). The van der Waals surface area contributed by atoms with Gasteiger partial charge in [0.15, 0.2) is 0 Å². The Morgan fingerprint density at radius 3 is 2.22 bits per heavy atom. The van der Waals surface area contributed by atoms with E-state index in [-0.39, 0.29) is 20.1 Å². The normalized spacial score (nSPS) is 14.2. The first-order valence-electron chi connectivity index (χ1n) is 16.5. The second-order valence-corrected chi connectivity index (χ2v) is 13.1. The molecular weight excluding hydrogens is 819 g/mol. The minimum atomic E-state index is -0.626. The molecule has 1 aliphatic carbocycles. The van der Waals surface area contributed by atoms with Gasteiger partial charge in [-0.25, -0.2) is 0 Å². The van der Waals surface area contributed by atoms with Crippen molar-refractivity contribution in [3.63, 3.8) is 0 Å². The van der Waals surface area contributed by atoms with Gasteiger partial charge < -0.3 is 0 Å². The smallest absolute Gasteiger partial charge is 0.300 e. The van der Waals surface area contributed by atoms with Crippen molar-refractivity contribution < 1.29 is 20.1 Å². The second kappa shape index (κ2) is 14.0. The van der Waals surface area contributed by atoms with Gasteiger partial charge in [0, 0.05) is 21.6 Å². The minimum Gasteiger partial charge on any atom is -0.300 e. The van der Waals surface area contributed by atoms with E-state index in [0.717, 1.165) is 44.3 Å². The van der Waals surface area contributed by atoms with Crippen molar-refractivity contribution in [1.82, 2.24) is 15.0 Å². The average molecular weight is 847 g/mol. The van der Waals surface area contributed by atoms with Gasteiger partial charge in [0.1, 0.15) is 0 Å². The molecule has 0 N–H and O–H groups in total. The van der Waals surface area contributed by atoms with Crippen molar-refractivity contribution in [2.45, 2.75) is 5.41 Å². The molecule has 0 bridgehead atoms. The number of benzene rings is 6. The molecule has 0 radical (unpaired) electrons. The fourth-order valence-corrected chi connectivity index (χ4v) is 8.05. The fraction of sp³-hybridized carbons (Fsp3) is 0.0217. The average Bonchev–Trinajstić information content (AvgIpc) is 3.77. The van der Waals surface area contributed by atoms with Crippen LogP contribution in [0.2, 0.25) is 0 Å². The first-order chi connectivity index (χ1) is 24.8. The summed E-state index contributed by atoms with van der Waals surface area (Å²) in [5.74, 6) is 0. The van der Waals surface area contributed by atoms with Crippen molar-refractivity contribution in [2.75, 3.05) is 0 Å². The number of rotatable bonds is 4. The Kier molecular flexibility index (Phi) is 8.93. The molecule has 0 aliphatic heterocycles. The minimum absolute atomic E-state index is 0. The van der Waals surface area contributed by atoms with Crippen LogP contribution in [0.5, 0.6) is 0 Å². The van der Waals surface area contributed by atoms with Crippen LogP contribution in [-0.4, -0.2) is 15.0 Å². The van der Waals surface area contributed by atoms with Gasteiger partial charge in [0.2, 0.25) is 0 Å². The number of pyridine rings is 2. The molecule has 6 aromatic carbocycles. The van der Waals surface area contributed by atoms with E-state index in [1.165, 1.54) is 32.2 Å². The van der Waals surface area contributed by atoms with Crippen molar-refractivity contribution in [1.29, 1.82) is 0 Å². The Balaban J connectivity index is 0.000000160. The van der Waals surface area contributed by atoms with E-state index in [2.05, 4.69) is 115 Å². The van der Waals surface area contributed by atoms with E-state index >= 15 is 0 Å². The maximum absolute atomic E-state index is 5.18. The number of hydrogen-bond acceptors (Lipinski definition) is 4. The number of thiazole rings is 1. The number of fused-ring (bicyclic) bond motifs is 5. The third kappa shape index (κ3) is 5.70. The Bertz CT molecular complexity index is 2530. The summed E-state index contributed by atoms with van der Waals surface area (Å²) in [4.78, 5) is 14.7. The number of nitrogens with zero attached hydrogens (tertiary/aromatic N) is 3. The van der Waals surface area contributed by atoms with E-state index < -0.39 is 5.41 Å². The molecule has 242 valence electrons. The molecule has 51 heavy (non-hydrogen) atoms. The van der Waals surface area contributed by atoms with Crippen LogP contribution >= 0.6 is 11.3 Å². The molecule has 3 heterocycles. The molecule has 0 amide bonds. The van der Waals surface area contributed by atoms with E-state index in [4.69, 9.17) is 15.0 Å². The molecule has 0 fully saturated rings. The maximum atomic E-state index is 5.18. The zero-order chi connectivity index (χ0) is 33.3. The third-order valence-electron chi connectivity index (χ3n) is 9.25. The Labute approximate surface area is 314 Å². The Morgan fingerprint density at radius 1 is 0.549 bits per heavy atom. The molecule has 1 atom stereocenters. The molecule has 5 heteroatoms. The van der Waals surface area contributed by atoms with E-state index in [1.807, 2.05) is 72.9 Å². The largest absolute Gasteiger partial charge is 3.00 e. The third-order valence-corrected chi connectivity index (χ3v) is 10.3. The van der Waals surface area contributed by atoms with Crippen molar-refractivity contribution in [3.8, 4) is 33.0 Å². The van der Waals surface area contributed by atoms with Crippen LogP contribution in [0.3, 0.4) is 0 Å². The summed E-state index contributed by atoms with van der Waals surface area (Å²) < 4.78 is 1.22. The molecule has 1 aliphatic rings. The van der Waals surface area contributed by atoms with Crippen LogP contribution in [0.25, 0.3) is 53.9 Å². The summed E-state index contributed by atoms with van der Waals surface area (Å²) in [7, 11) is 0. The van der Waals surface area contributed by atoms with Gasteiger partial charge in [-0.1, -0.05) is 89.8 Å².